The van der Waals surface area contributed by atoms with Crippen LogP contribution in [0.5, 0.6) is 5.75 Å². The average molecular weight is 316 g/mol. The fourth-order valence-electron chi connectivity index (χ4n) is 3.36. The molecule has 0 radical (unpaired) electrons. The van der Waals surface area contributed by atoms with E-state index in [1.807, 2.05) is 12.1 Å². The molecule has 0 amide bonds. The summed E-state index contributed by atoms with van der Waals surface area (Å²) >= 11 is 1.76. The smallest absolute Gasteiger partial charge is 0.147 e. The highest BCUT2D eigenvalue weighted by molar-refractivity contribution is 7.14. The molecule has 1 fully saturated rings. The van der Waals surface area contributed by atoms with Crippen LogP contribution in [0.25, 0.3) is 10.6 Å². The van der Waals surface area contributed by atoms with Crippen molar-refractivity contribution >= 4 is 11.3 Å². The molecule has 0 saturated heterocycles. The number of ether oxygens (including phenoxy) is 1. The van der Waals surface area contributed by atoms with Crippen LogP contribution in [0.2, 0.25) is 0 Å². The van der Waals surface area contributed by atoms with Gasteiger partial charge in [0.25, 0.3) is 0 Å². The van der Waals surface area contributed by atoms with Crippen molar-refractivity contribution in [2.24, 2.45) is 5.92 Å². The van der Waals surface area contributed by atoms with E-state index in [0.717, 1.165) is 22.2 Å². The van der Waals surface area contributed by atoms with Crippen molar-refractivity contribution in [3.05, 3.63) is 29.3 Å². The second kappa shape index (κ2) is 7.23. The van der Waals surface area contributed by atoms with Crippen molar-refractivity contribution in [2.75, 3.05) is 7.11 Å². The molecule has 1 aliphatic rings. The third kappa shape index (κ3) is 3.49. The monoisotopic (exact) mass is 316 g/mol. The molecule has 2 aromatic rings. The molecule has 0 N–H and O–H groups in total. The molecular formula is C18H24N2OS. The van der Waals surface area contributed by atoms with Crippen molar-refractivity contribution in [3.63, 3.8) is 0 Å². The van der Waals surface area contributed by atoms with Gasteiger partial charge in [0.05, 0.1) is 7.11 Å². The highest BCUT2D eigenvalue weighted by atomic mass is 32.1. The van der Waals surface area contributed by atoms with Gasteiger partial charge in [0.2, 0.25) is 0 Å². The molecule has 118 valence electrons. The van der Waals surface area contributed by atoms with E-state index in [1.165, 1.54) is 43.5 Å². The van der Waals surface area contributed by atoms with Crippen LogP contribution in [0.4, 0.5) is 0 Å². The Morgan fingerprint density at radius 2 is 1.82 bits per heavy atom. The van der Waals surface area contributed by atoms with Crippen LogP contribution in [-0.2, 0) is 0 Å². The minimum atomic E-state index is 0.623. The molecule has 22 heavy (non-hydrogen) atoms. The first-order valence-corrected chi connectivity index (χ1v) is 9.09. The fourth-order valence-corrected chi connectivity index (χ4v) is 4.37. The van der Waals surface area contributed by atoms with Gasteiger partial charge in [-0.05, 0) is 55.9 Å². The topological polar surface area (TPSA) is 35.0 Å². The molecule has 0 unspecified atom stereocenters. The Labute approximate surface area is 136 Å². The van der Waals surface area contributed by atoms with E-state index in [2.05, 4.69) is 29.3 Å². The maximum atomic E-state index is 5.20. The molecule has 1 aromatic carbocycles. The second-order valence-electron chi connectivity index (χ2n) is 6.18. The lowest BCUT2D eigenvalue weighted by atomic mass is 9.80. The van der Waals surface area contributed by atoms with Gasteiger partial charge in [0, 0.05) is 11.5 Å². The lowest BCUT2D eigenvalue weighted by Crippen LogP contribution is -2.13. The predicted molar refractivity (Wildman–Crippen MR) is 91.5 cm³/mol. The van der Waals surface area contributed by atoms with Crippen LogP contribution in [0.3, 0.4) is 0 Å². The molecule has 0 atom stereocenters. The Morgan fingerprint density at radius 3 is 2.45 bits per heavy atom. The van der Waals surface area contributed by atoms with Crippen molar-refractivity contribution in [3.8, 4) is 16.3 Å². The number of hydrogen-bond donors (Lipinski definition) is 0. The zero-order valence-electron chi connectivity index (χ0n) is 13.4. The van der Waals surface area contributed by atoms with Crippen molar-refractivity contribution in [1.82, 2.24) is 10.2 Å². The van der Waals surface area contributed by atoms with E-state index in [1.54, 1.807) is 18.4 Å². The minimum Gasteiger partial charge on any atom is -0.497 e. The number of rotatable bonds is 5. The van der Waals surface area contributed by atoms with E-state index in [9.17, 15) is 0 Å². The number of benzene rings is 1. The predicted octanol–water partition coefficient (Wildman–Crippen LogP) is 5.29. The SMILES string of the molecule is CCC[C@H]1CC[C@H](c2nnc(-c3ccc(OC)cc3)s2)CC1. The summed E-state index contributed by atoms with van der Waals surface area (Å²) in [6, 6.07) is 8.07. The molecular weight excluding hydrogens is 292 g/mol. The summed E-state index contributed by atoms with van der Waals surface area (Å²) in [7, 11) is 1.69. The molecule has 0 spiro atoms. The lowest BCUT2D eigenvalue weighted by Gasteiger charge is -2.26. The van der Waals surface area contributed by atoms with E-state index in [0.29, 0.717) is 5.92 Å². The Hall–Kier alpha value is -1.42. The third-order valence-electron chi connectivity index (χ3n) is 4.67. The van der Waals surface area contributed by atoms with Gasteiger partial charge in [-0.1, -0.05) is 31.1 Å². The molecule has 3 rings (SSSR count). The van der Waals surface area contributed by atoms with Crippen LogP contribution in [0, 0.1) is 5.92 Å². The maximum Gasteiger partial charge on any atom is 0.147 e. The number of aromatic nitrogens is 2. The first-order valence-electron chi connectivity index (χ1n) is 8.28. The molecule has 3 nitrogen and oxygen atoms in total. The van der Waals surface area contributed by atoms with Crippen LogP contribution < -0.4 is 4.74 Å². The minimum absolute atomic E-state index is 0.623. The molecule has 1 saturated carbocycles. The van der Waals surface area contributed by atoms with Crippen LogP contribution >= 0.6 is 11.3 Å². The third-order valence-corrected chi connectivity index (χ3v) is 5.81. The summed E-state index contributed by atoms with van der Waals surface area (Å²) in [5, 5.41) is 11.1. The normalized spacial score (nSPS) is 21.7. The molecule has 1 aliphatic carbocycles. The number of methoxy groups -OCH3 is 1. The van der Waals surface area contributed by atoms with Crippen molar-refractivity contribution < 1.29 is 4.74 Å². The van der Waals surface area contributed by atoms with E-state index in [-0.39, 0.29) is 0 Å². The van der Waals surface area contributed by atoms with Crippen LogP contribution in [0.1, 0.15) is 56.4 Å². The first kappa shape index (κ1) is 15.5. The van der Waals surface area contributed by atoms with Gasteiger partial charge in [-0.25, -0.2) is 0 Å². The molecule has 1 aromatic heterocycles. The zero-order chi connectivity index (χ0) is 15.4. The molecule has 0 bridgehead atoms. The second-order valence-corrected chi connectivity index (χ2v) is 7.19. The summed E-state index contributed by atoms with van der Waals surface area (Å²) in [6.07, 6.45) is 7.98. The molecule has 4 heteroatoms. The largest absolute Gasteiger partial charge is 0.497 e. The average Bonchev–Trinajstić information content (AvgIpc) is 3.06. The van der Waals surface area contributed by atoms with E-state index < -0.39 is 0 Å². The van der Waals surface area contributed by atoms with Gasteiger partial charge in [-0.2, -0.15) is 0 Å². The van der Waals surface area contributed by atoms with Crippen LogP contribution in [0.15, 0.2) is 24.3 Å². The summed E-state index contributed by atoms with van der Waals surface area (Å²) in [5.74, 6) is 2.44. The Morgan fingerprint density at radius 1 is 1.09 bits per heavy atom. The van der Waals surface area contributed by atoms with E-state index in [4.69, 9.17) is 4.74 Å². The molecule has 0 aliphatic heterocycles. The standard InChI is InChI=1S/C18H24N2OS/c1-3-4-13-5-7-14(8-6-13)17-19-20-18(22-17)15-9-11-16(21-2)12-10-15/h9-14H,3-8H2,1-2H3/t13-,14-. The van der Waals surface area contributed by atoms with Gasteiger partial charge in [-0.15, -0.1) is 10.2 Å². The molecule has 1 heterocycles. The van der Waals surface area contributed by atoms with E-state index >= 15 is 0 Å². The first-order chi connectivity index (χ1) is 10.8. The van der Waals surface area contributed by atoms with Crippen molar-refractivity contribution in [1.29, 1.82) is 0 Å². The van der Waals surface area contributed by atoms with Gasteiger partial charge in [0.1, 0.15) is 15.8 Å². The maximum absolute atomic E-state index is 5.20. The van der Waals surface area contributed by atoms with Crippen LogP contribution in [-0.4, -0.2) is 17.3 Å². The Kier molecular flexibility index (Phi) is 5.08. The van der Waals surface area contributed by atoms with Gasteiger partial charge >= 0.3 is 0 Å². The highest BCUT2D eigenvalue weighted by Gasteiger charge is 2.24. The van der Waals surface area contributed by atoms with Gasteiger partial charge in [0.15, 0.2) is 0 Å². The Balaban J connectivity index is 1.66. The van der Waals surface area contributed by atoms with Crippen molar-refractivity contribution in [2.45, 2.75) is 51.4 Å². The summed E-state index contributed by atoms with van der Waals surface area (Å²) in [5.41, 5.74) is 1.13. The number of hydrogen-bond acceptors (Lipinski definition) is 4. The Bertz CT molecular complexity index is 585. The summed E-state index contributed by atoms with van der Waals surface area (Å²) in [6.45, 7) is 2.29. The summed E-state index contributed by atoms with van der Waals surface area (Å²) < 4.78 is 5.20. The zero-order valence-corrected chi connectivity index (χ0v) is 14.2. The van der Waals surface area contributed by atoms with Gasteiger partial charge in [-0.3, -0.25) is 0 Å². The fraction of sp³-hybridized carbons (Fsp3) is 0.556. The quantitative estimate of drug-likeness (QED) is 0.752. The summed E-state index contributed by atoms with van der Waals surface area (Å²) in [4.78, 5) is 0. The highest BCUT2D eigenvalue weighted by Crippen LogP contribution is 2.39. The van der Waals surface area contributed by atoms with Gasteiger partial charge < -0.3 is 4.74 Å². The lowest BCUT2D eigenvalue weighted by molar-refractivity contribution is 0.307. The number of nitrogens with zero attached hydrogens (tertiary/aromatic N) is 2.